The van der Waals surface area contributed by atoms with Gasteiger partial charge in [0.1, 0.15) is 6.23 Å². The van der Waals surface area contributed by atoms with Crippen LogP contribution in [0.1, 0.15) is 19.3 Å². The van der Waals surface area contributed by atoms with E-state index in [-0.39, 0.29) is 6.23 Å². The lowest BCUT2D eigenvalue weighted by molar-refractivity contribution is -0.128. The molecule has 0 saturated carbocycles. The molecular formula is C8H14ClNO2. The molecule has 1 amide bonds. The number of hydrogen-bond acceptors (Lipinski definition) is 2. The fourth-order valence-electron chi connectivity index (χ4n) is 1.33. The van der Waals surface area contributed by atoms with Gasteiger partial charge in [0.2, 0.25) is 6.41 Å². The average Bonchev–Trinajstić information content (AvgIpc) is 2.59. The van der Waals surface area contributed by atoms with Crippen LogP contribution < -0.4 is 0 Å². The molecule has 0 N–H and O–H groups in total. The van der Waals surface area contributed by atoms with Crippen LogP contribution in [0.25, 0.3) is 0 Å². The molecule has 0 aromatic carbocycles. The molecule has 4 heteroatoms. The Hall–Kier alpha value is -0.280. The van der Waals surface area contributed by atoms with Crippen molar-refractivity contribution >= 4 is 18.0 Å². The number of amides is 1. The zero-order chi connectivity index (χ0) is 8.81. The fraction of sp³-hybridized carbons (Fsp3) is 0.875. The maximum absolute atomic E-state index is 10.6. The number of hydrogen-bond donors (Lipinski definition) is 0. The van der Waals surface area contributed by atoms with Gasteiger partial charge < -0.3 is 9.64 Å². The Kier molecular flexibility index (Phi) is 4.40. The summed E-state index contributed by atoms with van der Waals surface area (Å²) in [5.74, 6) is 0.594. The van der Waals surface area contributed by atoms with E-state index in [1.54, 1.807) is 4.90 Å². The van der Waals surface area contributed by atoms with Gasteiger partial charge in [-0.25, -0.2) is 0 Å². The highest BCUT2D eigenvalue weighted by atomic mass is 35.5. The van der Waals surface area contributed by atoms with E-state index in [2.05, 4.69) is 0 Å². The summed E-state index contributed by atoms with van der Waals surface area (Å²) in [6.07, 6.45) is 3.70. The SMILES string of the molecule is O=CN(CCCCl)C1CCCO1. The van der Waals surface area contributed by atoms with E-state index >= 15 is 0 Å². The first-order valence-electron chi connectivity index (χ1n) is 4.27. The molecule has 1 fully saturated rings. The number of alkyl halides is 1. The lowest BCUT2D eigenvalue weighted by Crippen LogP contribution is -2.34. The molecule has 0 bridgehead atoms. The third-order valence-electron chi connectivity index (χ3n) is 1.96. The van der Waals surface area contributed by atoms with E-state index in [9.17, 15) is 4.79 Å². The lowest BCUT2D eigenvalue weighted by Gasteiger charge is -2.23. The molecule has 0 radical (unpaired) electrons. The number of ether oxygens (including phenoxy) is 1. The van der Waals surface area contributed by atoms with Gasteiger partial charge in [-0.1, -0.05) is 0 Å². The first kappa shape index (κ1) is 9.81. The zero-order valence-electron chi connectivity index (χ0n) is 7.04. The van der Waals surface area contributed by atoms with Crippen LogP contribution in [0.4, 0.5) is 0 Å². The summed E-state index contributed by atoms with van der Waals surface area (Å²) in [5, 5.41) is 0. The summed E-state index contributed by atoms with van der Waals surface area (Å²) in [6.45, 7) is 1.48. The summed E-state index contributed by atoms with van der Waals surface area (Å²) < 4.78 is 5.35. The van der Waals surface area contributed by atoms with Gasteiger partial charge in [0.15, 0.2) is 0 Å². The Bertz CT molecular complexity index is 137. The van der Waals surface area contributed by atoms with Gasteiger partial charge in [0.25, 0.3) is 0 Å². The minimum absolute atomic E-state index is 0.00529. The van der Waals surface area contributed by atoms with E-state index in [1.807, 2.05) is 0 Å². The molecule has 1 unspecified atom stereocenters. The molecule has 0 aromatic heterocycles. The summed E-state index contributed by atoms with van der Waals surface area (Å²) >= 11 is 5.53. The molecule has 70 valence electrons. The predicted octanol–water partition coefficient (Wildman–Crippen LogP) is 1.21. The van der Waals surface area contributed by atoms with Gasteiger partial charge in [-0.05, 0) is 19.3 Å². The number of rotatable bonds is 5. The monoisotopic (exact) mass is 191 g/mol. The number of nitrogens with zero attached hydrogens (tertiary/aromatic N) is 1. The van der Waals surface area contributed by atoms with Crippen LogP contribution in [0, 0.1) is 0 Å². The summed E-state index contributed by atoms with van der Waals surface area (Å²) in [7, 11) is 0. The maximum atomic E-state index is 10.6. The lowest BCUT2D eigenvalue weighted by atomic mass is 10.3. The van der Waals surface area contributed by atoms with Crippen molar-refractivity contribution in [3.63, 3.8) is 0 Å². The maximum Gasteiger partial charge on any atom is 0.211 e. The Morgan fingerprint density at radius 3 is 3.00 bits per heavy atom. The molecule has 1 atom stereocenters. The zero-order valence-corrected chi connectivity index (χ0v) is 7.79. The van der Waals surface area contributed by atoms with Gasteiger partial charge in [-0.3, -0.25) is 4.79 Å². The van der Waals surface area contributed by atoms with Crippen LogP contribution in [0.2, 0.25) is 0 Å². The summed E-state index contributed by atoms with van der Waals surface area (Å²) in [5.41, 5.74) is 0. The van der Waals surface area contributed by atoms with Crippen molar-refractivity contribution in [3.8, 4) is 0 Å². The second kappa shape index (κ2) is 5.38. The highest BCUT2D eigenvalue weighted by Gasteiger charge is 2.21. The Morgan fingerprint density at radius 1 is 1.67 bits per heavy atom. The largest absolute Gasteiger partial charge is 0.358 e. The molecule has 1 saturated heterocycles. The van der Waals surface area contributed by atoms with E-state index < -0.39 is 0 Å². The van der Waals surface area contributed by atoms with Crippen LogP contribution in [-0.2, 0) is 9.53 Å². The molecular weight excluding hydrogens is 178 g/mol. The molecule has 1 aliphatic rings. The third kappa shape index (κ3) is 2.64. The fourth-order valence-corrected chi connectivity index (χ4v) is 1.45. The predicted molar refractivity (Wildman–Crippen MR) is 47.1 cm³/mol. The average molecular weight is 192 g/mol. The van der Waals surface area contributed by atoms with Gasteiger partial charge >= 0.3 is 0 Å². The molecule has 0 aromatic rings. The smallest absolute Gasteiger partial charge is 0.211 e. The third-order valence-corrected chi connectivity index (χ3v) is 2.23. The molecule has 3 nitrogen and oxygen atoms in total. The second-order valence-electron chi connectivity index (χ2n) is 2.85. The van der Waals surface area contributed by atoms with Crippen molar-refractivity contribution in [3.05, 3.63) is 0 Å². The van der Waals surface area contributed by atoms with Gasteiger partial charge in [0, 0.05) is 19.0 Å². The minimum atomic E-state index is 0.00529. The topological polar surface area (TPSA) is 29.5 Å². The molecule has 1 heterocycles. The van der Waals surface area contributed by atoms with Gasteiger partial charge in [-0.15, -0.1) is 11.6 Å². The van der Waals surface area contributed by atoms with Crippen molar-refractivity contribution < 1.29 is 9.53 Å². The number of carbonyl (C=O) groups excluding carboxylic acids is 1. The van der Waals surface area contributed by atoms with Crippen molar-refractivity contribution in [2.45, 2.75) is 25.5 Å². The normalized spacial score (nSPS) is 22.6. The summed E-state index contributed by atoms with van der Waals surface area (Å²) in [4.78, 5) is 12.3. The number of halogens is 1. The van der Waals surface area contributed by atoms with Crippen molar-refractivity contribution in [2.24, 2.45) is 0 Å². The van der Waals surface area contributed by atoms with Crippen molar-refractivity contribution in [2.75, 3.05) is 19.0 Å². The van der Waals surface area contributed by atoms with Gasteiger partial charge in [0.05, 0.1) is 0 Å². The molecule has 0 aliphatic carbocycles. The Labute approximate surface area is 77.6 Å². The van der Waals surface area contributed by atoms with Crippen LogP contribution in [0.15, 0.2) is 0 Å². The van der Waals surface area contributed by atoms with Crippen LogP contribution >= 0.6 is 11.6 Å². The second-order valence-corrected chi connectivity index (χ2v) is 3.23. The molecule has 12 heavy (non-hydrogen) atoms. The van der Waals surface area contributed by atoms with E-state index in [4.69, 9.17) is 16.3 Å². The van der Waals surface area contributed by atoms with Crippen molar-refractivity contribution in [1.29, 1.82) is 0 Å². The standard InChI is InChI=1S/C8H14ClNO2/c9-4-2-5-10(7-11)8-3-1-6-12-8/h7-8H,1-6H2. The first-order valence-corrected chi connectivity index (χ1v) is 4.80. The number of carbonyl (C=O) groups is 1. The highest BCUT2D eigenvalue weighted by Crippen LogP contribution is 2.15. The summed E-state index contributed by atoms with van der Waals surface area (Å²) in [6, 6.07) is 0. The minimum Gasteiger partial charge on any atom is -0.358 e. The first-order chi connectivity index (χ1) is 5.88. The Balaban J connectivity index is 2.27. The van der Waals surface area contributed by atoms with Crippen LogP contribution in [-0.4, -0.2) is 36.6 Å². The molecule has 0 spiro atoms. The van der Waals surface area contributed by atoms with Gasteiger partial charge in [-0.2, -0.15) is 0 Å². The molecule has 1 aliphatic heterocycles. The Morgan fingerprint density at radius 2 is 2.50 bits per heavy atom. The highest BCUT2D eigenvalue weighted by molar-refractivity contribution is 6.17. The quantitative estimate of drug-likeness (QED) is 0.483. The van der Waals surface area contributed by atoms with E-state index in [1.165, 1.54) is 0 Å². The van der Waals surface area contributed by atoms with E-state index in [0.717, 1.165) is 32.3 Å². The van der Waals surface area contributed by atoms with E-state index in [0.29, 0.717) is 12.4 Å². The van der Waals surface area contributed by atoms with Crippen LogP contribution in [0.3, 0.4) is 0 Å². The molecule has 1 rings (SSSR count). The van der Waals surface area contributed by atoms with Crippen molar-refractivity contribution in [1.82, 2.24) is 4.90 Å². The van der Waals surface area contributed by atoms with Crippen LogP contribution in [0.5, 0.6) is 0 Å².